The van der Waals surface area contributed by atoms with E-state index in [1.165, 1.54) is 16.1 Å². The van der Waals surface area contributed by atoms with Gasteiger partial charge in [0.2, 0.25) is 5.89 Å². The lowest BCUT2D eigenvalue weighted by atomic mass is 9.84. The van der Waals surface area contributed by atoms with Gasteiger partial charge in [-0.25, -0.2) is 14.6 Å². The molecule has 1 aromatic heterocycles. The van der Waals surface area contributed by atoms with Crippen molar-refractivity contribution in [2.24, 2.45) is 0 Å². The van der Waals surface area contributed by atoms with E-state index in [1.54, 1.807) is 49.9 Å². The molecule has 278 valence electrons. The van der Waals surface area contributed by atoms with Gasteiger partial charge in [-0.05, 0) is 82.7 Å². The lowest BCUT2D eigenvalue weighted by molar-refractivity contribution is -0.129. The Morgan fingerprint density at radius 1 is 1.06 bits per heavy atom. The second-order valence-electron chi connectivity index (χ2n) is 14.4. The highest BCUT2D eigenvalue weighted by Crippen LogP contribution is 2.42. The third-order valence-corrected chi connectivity index (χ3v) is 10.6. The van der Waals surface area contributed by atoms with Crippen LogP contribution in [0, 0.1) is 6.92 Å². The van der Waals surface area contributed by atoms with Crippen molar-refractivity contribution in [1.29, 1.82) is 0 Å². The van der Waals surface area contributed by atoms with E-state index in [9.17, 15) is 19.5 Å². The molecule has 1 aliphatic carbocycles. The number of nitrogens with zero attached hydrogens (tertiary/aromatic N) is 4. The molecular formula is C37H40Cl4N4O7. The minimum atomic E-state index is -1.19. The van der Waals surface area contributed by atoms with Crippen molar-refractivity contribution in [2.75, 3.05) is 19.7 Å². The Balaban J connectivity index is 1.32. The zero-order valence-electron chi connectivity index (χ0n) is 29.3. The number of hydrogen-bond acceptors (Lipinski definition) is 7. The van der Waals surface area contributed by atoms with E-state index in [1.807, 2.05) is 13.0 Å². The first-order chi connectivity index (χ1) is 24.6. The maximum atomic E-state index is 14.9. The molecule has 52 heavy (non-hydrogen) atoms. The molecule has 0 spiro atoms. The molecule has 1 saturated carbocycles. The van der Waals surface area contributed by atoms with E-state index >= 15 is 0 Å². The SMILES string of the molecule is Cc1cc(Cl)c(OCCCc2coc(C3=C(C(=O)N(Cc4cccc(Cl)c4Cl)C4CC4)[C@H]4CN(C(=O)OC(C)(C)C)CC(C3)N4C(=O)O)n2)c(Cl)c1. The average Bonchev–Trinajstić information content (AvgIpc) is 3.79. The Bertz CT molecular complexity index is 1880. The molecule has 2 aliphatic heterocycles. The summed E-state index contributed by atoms with van der Waals surface area (Å²) in [7, 11) is 0. The molecular weight excluding hydrogens is 754 g/mol. The highest BCUT2D eigenvalue weighted by molar-refractivity contribution is 6.42. The van der Waals surface area contributed by atoms with Crippen LogP contribution in [-0.4, -0.2) is 86.3 Å². The molecule has 15 heteroatoms. The zero-order valence-corrected chi connectivity index (χ0v) is 32.3. The maximum Gasteiger partial charge on any atom is 0.410 e. The van der Waals surface area contributed by atoms with Crippen molar-refractivity contribution in [2.45, 2.75) is 90.1 Å². The Hall–Kier alpha value is -3.64. The average molecular weight is 795 g/mol. The van der Waals surface area contributed by atoms with Crippen molar-refractivity contribution < 1.29 is 33.4 Å². The van der Waals surface area contributed by atoms with Crippen molar-refractivity contribution in [1.82, 2.24) is 19.7 Å². The van der Waals surface area contributed by atoms with Crippen LogP contribution in [0.5, 0.6) is 5.75 Å². The maximum absolute atomic E-state index is 14.9. The van der Waals surface area contributed by atoms with Gasteiger partial charge in [-0.1, -0.05) is 58.5 Å². The van der Waals surface area contributed by atoms with Gasteiger partial charge in [0.15, 0.2) is 5.75 Å². The molecule has 3 aliphatic rings. The van der Waals surface area contributed by atoms with E-state index in [0.717, 1.165) is 18.4 Å². The normalized spacial score (nSPS) is 18.8. The zero-order chi connectivity index (χ0) is 37.5. The van der Waals surface area contributed by atoms with E-state index in [0.29, 0.717) is 62.1 Å². The van der Waals surface area contributed by atoms with Crippen LogP contribution in [0.15, 0.2) is 46.6 Å². The highest BCUT2D eigenvalue weighted by atomic mass is 35.5. The smallest absolute Gasteiger partial charge is 0.410 e. The summed E-state index contributed by atoms with van der Waals surface area (Å²) in [5.41, 5.74) is 2.15. The monoisotopic (exact) mass is 792 g/mol. The van der Waals surface area contributed by atoms with Gasteiger partial charge in [-0.15, -0.1) is 0 Å². The number of benzene rings is 2. The number of hydrogen-bond donors (Lipinski definition) is 1. The molecule has 2 fully saturated rings. The van der Waals surface area contributed by atoms with Crippen LogP contribution in [-0.2, 0) is 22.5 Å². The highest BCUT2D eigenvalue weighted by Gasteiger charge is 2.50. The van der Waals surface area contributed by atoms with Crippen LogP contribution in [0.3, 0.4) is 0 Å². The van der Waals surface area contributed by atoms with Crippen LogP contribution in [0.4, 0.5) is 9.59 Å². The summed E-state index contributed by atoms with van der Waals surface area (Å²) in [6.07, 6.45) is 2.45. The van der Waals surface area contributed by atoms with Crippen LogP contribution in [0.25, 0.3) is 5.57 Å². The molecule has 3 aromatic rings. The predicted molar refractivity (Wildman–Crippen MR) is 198 cm³/mol. The number of carboxylic acid groups (broad SMARTS) is 1. The second kappa shape index (κ2) is 15.4. The molecule has 6 rings (SSSR count). The molecule has 3 heterocycles. The minimum Gasteiger partial charge on any atom is -0.490 e. The van der Waals surface area contributed by atoms with Crippen molar-refractivity contribution in [3.63, 3.8) is 0 Å². The molecule has 2 aromatic carbocycles. The van der Waals surface area contributed by atoms with Gasteiger partial charge >= 0.3 is 12.2 Å². The summed E-state index contributed by atoms with van der Waals surface area (Å²) < 4.78 is 17.6. The van der Waals surface area contributed by atoms with Crippen molar-refractivity contribution in [3.05, 3.63) is 85.0 Å². The third kappa shape index (κ3) is 8.43. The molecule has 1 saturated heterocycles. The number of aryl methyl sites for hydroxylation is 2. The summed E-state index contributed by atoms with van der Waals surface area (Å²) in [5, 5.41) is 12.0. The Morgan fingerprint density at radius 3 is 2.42 bits per heavy atom. The largest absolute Gasteiger partial charge is 0.490 e. The van der Waals surface area contributed by atoms with Gasteiger partial charge < -0.3 is 28.8 Å². The number of oxazole rings is 1. The van der Waals surface area contributed by atoms with Gasteiger partial charge in [0.1, 0.15) is 11.9 Å². The Labute approximate surface area is 322 Å². The lowest BCUT2D eigenvalue weighted by Crippen LogP contribution is -2.65. The minimum absolute atomic E-state index is 0.0716. The number of amides is 3. The van der Waals surface area contributed by atoms with Gasteiger partial charge in [0, 0.05) is 37.7 Å². The molecule has 1 N–H and O–H groups in total. The summed E-state index contributed by atoms with van der Waals surface area (Å²) in [6.45, 7) is 7.64. The molecule has 0 radical (unpaired) electrons. The number of rotatable bonds is 10. The number of halogens is 4. The number of carbonyl (C=O) groups excluding carboxylic acids is 2. The van der Waals surface area contributed by atoms with Gasteiger partial charge in [0.05, 0.1) is 50.0 Å². The second-order valence-corrected chi connectivity index (χ2v) is 16.0. The molecule has 2 bridgehead atoms. The predicted octanol–water partition coefficient (Wildman–Crippen LogP) is 8.92. The number of carbonyl (C=O) groups is 3. The van der Waals surface area contributed by atoms with Gasteiger partial charge in [-0.3, -0.25) is 9.69 Å². The van der Waals surface area contributed by atoms with Crippen LogP contribution >= 0.6 is 46.4 Å². The van der Waals surface area contributed by atoms with E-state index in [2.05, 4.69) is 0 Å². The quantitative estimate of drug-likeness (QED) is 0.202. The molecule has 3 amide bonds. The topological polar surface area (TPSA) is 126 Å². The Kier molecular flexibility index (Phi) is 11.3. The molecule has 11 nitrogen and oxygen atoms in total. The van der Waals surface area contributed by atoms with Crippen molar-refractivity contribution in [3.8, 4) is 5.75 Å². The fourth-order valence-electron chi connectivity index (χ4n) is 6.72. The van der Waals surface area contributed by atoms with Crippen molar-refractivity contribution >= 4 is 70.1 Å². The molecule has 1 unspecified atom stereocenters. The number of fused-ring (bicyclic) bond motifs is 2. The number of piperazine rings is 1. The van der Waals surface area contributed by atoms with E-state index < -0.39 is 29.9 Å². The van der Waals surface area contributed by atoms with Crippen LogP contribution in [0.2, 0.25) is 20.1 Å². The number of ether oxygens (including phenoxy) is 2. The summed E-state index contributed by atoms with van der Waals surface area (Å²) in [6, 6.07) is 7.04. The van der Waals surface area contributed by atoms with Gasteiger partial charge in [0.25, 0.3) is 5.91 Å². The standard InChI is InChI=1S/C37H40Cl4N4O7/c1-20-13-27(39)32(28(40)14-20)50-12-6-8-22-19-51-33(42-22)25-15-24-17-43(36(49)52-37(2,3)4)18-29(45(24)35(47)48)30(25)34(46)44(23-10-11-23)16-21-7-5-9-26(38)31(21)41/h5,7,9,13-14,19,23-24,29H,6,8,10-12,15-18H2,1-4H3,(H,47,48)/t24?,29-/m1/s1. The summed E-state index contributed by atoms with van der Waals surface area (Å²) in [4.78, 5) is 50.3. The summed E-state index contributed by atoms with van der Waals surface area (Å²) >= 11 is 25.6. The van der Waals surface area contributed by atoms with Crippen LogP contribution in [0.1, 0.15) is 69.2 Å². The van der Waals surface area contributed by atoms with Crippen LogP contribution < -0.4 is 4.74 Å². The fourth-order valence-corrected chi connectivity index (χ4v) is 7.81. The first-order valence-electron chi connectivity index (χ1n) is 17.1. The Morgan fingerprint density at radius 2 is 1.77 bits per heavy atom. The lowest BCUT2D eigenvalue weighted by Gasteiger charge is -2.49. The summed E-state index contributed by atoms with van der Waals surface area (Å²) in [5.74, 6) is 0.264. The fraction of sp³-hybridized carbons (Fsp3) is 0.459. The van der Waals surface area contributed by atoms with E-state index in [-0.39, 0.29) is 49.5 Å². The molecule has 2 atom stereocenters. The van der Waals surface area contributed by atoms with Gasteiger partial charge in [-0.2, -0.15) is 0 Å². The number of aromatic nitrogens is 1. The first kappa shape index (κ1) is 38.1. The van der Waals surface area contributed by atoms with E-state index in [4.69, 9.17) is 65.3 Å². The third-order valence-electron chi connectivity index (χ3n) is 9.15. The first-order valence-corrected chi connectivity index (χ1v) is 18.6.